The van der Waals surface area contributed by atoms with E-state index >= 15 is 0 Å². The van der Waals surface area contributed by atoms with Crippen molar-refractivity contribution in [1.29, 1.82) is 0 Å². The lowest BCUT2D eigenvalue weighted by atomic mass is 9.80. The molecule has 0 spiro atoms. The van der Waals surface area contributed by atoms with Gasteiger partial charge in [0.1, 0.15) is 5.82 Å². The van der Waals surface area contributed by atoms with E-state index in [1.807, 2.05) is 0 Å². The van der Waals surface area contributed by atoms with Gasteiger partial charge in [0, 0.05) is 18.1 Å². The van der Waals surface area contributed by atoms with Crippen LogP contribution in [0, 0.1) is 11.7 Å². The normalized spacial score (nSPS) is 29.4. The molecule has 2 rings (SSSR count). The molecule has 1 unspecified atom stereocenters. The van der Waals surface area contributed by atoms with E-state index in [2.05, 4.69) is 25.7 Å². The fraction of sp³-hybridized carbons (Fsp3) is 0.625. The number of hydrogen-bond donors (Lipinski definition) is 1. The van der Waals surface area contributed by atoms with Gasteiger partial charge < -0.3 is 5.73 Å². The van der Waals surface area contributed by atoms with Crippen molar-refractivity contribution < 1.29 is 4.39 Å². The van der Waals surface area contributed by atoms with Gasteiger partial charge in [-0.05, 0) is 56.8 Å². The Morgan fingerprint density at radius 2 is 1.95 bits per heavy atom. The molecule has 1 aromatic rings. The summed E-state index contributed by atoms with van der Waals surface area (Å²) in [6, 6.07) is 5.84. The number of halogens is 2. The SMILES string of the molecule is CCN1[C@H](C)C[C@H](C(N)c2ccc(F)c(Cl)c2)C[C@@H]1C. The molecule has 0 radical (unpaired) electrons. The van der Waals surface area contributed by atoms with E-state index in [9.17, 15) is 4.39 Å². The largest absolute Gasteiger partial charge is 0.324 e. The third kappa shape index (κ3) is 3.16. The Morgan fingerprint density at radius 1 is 1.35 bits per heavy atom. The molecule has 1 aliphatic rings. The van der Waals surface area contributed by atoms with Gasteiger partial charge in [-0.1, -0.05) is 24.6 Å². The number of benzene rings is 1. The van der Waals surface area contributed by atoms with Gasteiger partial charge in [0.2, 0.25) is 0 Å². The number of nitrogens with two attached hydrogens (primary N) is 1. The molecule has 0 bridgehead atoms. The van der Waals surface area contributed by atoms with Crippen LogP contribution in [0.25, 0.3) is 0 Å². The van der Waals surface area contributed by atoms with Gasteiger partial charge in [0.05, 0.1) is 5.02 Å². The van der Waals surface area contributed by atoms with E-state index in [1.165, 1.54) is 6.07 Å². The summed E-state index contributed by atoms with van der Waals surface area (Å²) in [4.78, 5) is 2.51. The molecule has 0 aromatic heterocycles. The maximum atomic E-state index is 13.2. The zero-order valence-corrected chi connectivity index (χ0v) is 13.2. The number of piperidine rings is 1. The van der Waals surface area contributed by atoms with Crippen LogP contribution in [-0.2, 0) is 0 Å². The third-order valence-electron chi connectivity index (χ3n) is 4.62. The number of nitrogens with zero attached hydrogens (tertiary/aromatic N) is 1. The van der Waals surface area contributed by atoms with Crippen molar-refractivity contribution in [1.82, 2.24) is 4.90 Å². The van der Waals surface area contributed by atoms with Gasteiger partial charge in [-0.2, -0.15) is 0 Å². The minimum Gasteiger partial charge on any atom is -0.324 e. The first kappa shape index (κ1) is 15.7. The summed E-state index contributed by atoms with van der Waals surface area (Å²) in [5.41, 5.74) is 7.34. The van der Waals surface area contributed by atoms with E-state index in [4.69, 9.17) is 17.3 Å². The quantitative estimate of drug-likeness (QED) is 0.914. The predicted molar refractivity (Wildman–Crippen MR) is 82.4 cm³/mol. The van der Waals surface area contributed by atoms with Crippen molar-refractivity contribution in [3.05, 3.63) is 34.6 Å². The van der Waals surface area contributed by atoms with Crippen LogP contribution < -0.4 is 5.73 Å². The van der Waals surface area contributed by atoms with E-state index < -0.39 is 0 Å². The van der Waals surface area contributed by atoms with Crippen molar-refractivity contribution in [3.8, 4) is 0 Å². The van der Waals surface area contributed by atoms with Crippen LogP contribution in [0.2, 0.25) is 5.02 Å². The second kappa shape index (κ2) is 6.42. The Bertz CT molecular complexity index is 454. The van der Waals surface area contributed by atoms with Gasteiger partial charge >= 0.3 is 0 Å². The number of rotatable bonds is 3. The van der Waals surface area contributed by atoms with Crippen molar-refractivity contribution in [3.63, 3.8) is 0 Å². The summed E-state index contributed by atoms with van der Waals surface area (Å²) < 4.78 is 13.2. The van der Waals surface area contributed by atoms with Gasteiger partial charge in [-0.25, -0.2) is 4.39 Å². The zero-order chi connectivity index (χ0) is 14.9. The van der Waals surface area contributed by atoms with Gasteiger partial charge in [0.25, 0.3) is 0 Å². The molecule has 0 saturated carbocycles. The van der Waals surface area contributed by atoms with Crippen LogP contribution >= 0.6 is 11.6 Å². The van der Waals surface area contributed by atoms with E-state index in [-0.39, 0.29) is 16.9 Å². The zero-order valence-electron chi connectivity index (χ0n) is 12.4. The van der Waals surface area contributed by atoms with Crippen LogP contribution in [0.5, 0.6) is 0 Å². The highest BCUT2D eigenvalue weighted by Gasteiger charge is 2.33. The highest BCUT2D eigenvalue weighted by Crippen LogP contribution is 2.35. The van der Waals surface area contributed by atoms with Crippen molar-refractivity contribution >= 4 is 11.6 Å². The molecular weight excluding hydrogens is 275 g/mol. The maximum Gasteiger partial charge on any atom is 0.141 e. The molecule has 1 aliphatic heterocycles. The molecule has 20 heavy (non-hydrogen) atoms. The molecule has 0 aliphatic carbocycles. The molecule has 2 N–H and O–H groups in total. The molecule has 1 saturated heterocycles. The first-order valence-electron chi connectivity index (χ1n) is 7.40. The lowest BCUT2D eigenvalue weighted by Gasteiger charge is -2.44. The van der Waals surface area contributed by atoms with Gasteiger partial charge in [0.15, 0.2) is 0 Å². The van der Waals surface area contributed by atoms with Crippen LogP contribution in [0.1, 0.15) is 45.2 Å². The third-order valence-corrected chi connectivity index (χ3v) is 4.91. The fourth-order valence-corrected chi connectivity index (χ4v) is 3.78. The molecule has 4 atom stereocenters. The van der Waals surface area contributed by atoms with Crippen molar-refractivity contribution in [2.45, 2.75) is 51.7 Å². The average molecular weight is 299 g/mol. The summed E-state index contributed by atoms with van der Waals surface area (Å²) in [6.45, 7) is 7.80. The number of likely N-dealkylation sites (tertiary alicyclic amines) is 1. The highest BCUT2D eigenvalue weighted by molar-refractivity contribution is 6.30. The Balaban J connectivity index is 2.13. The maximum absolute atomic E-state index is 13.2. The van der Waals surface area contributed by atoms with E-state index in [1.54, 1.807) is 12.1 Å². The molecule has 0 amide bonds. The number of hydrogen-bond acceptors (Lipinski definition) is 2. The highest BCUT2D eigenvalue weighted by atomic mass is 35.5. The topological polar surface area (TPSA) is 29.3 Å². The smallest absolute Gasteiger partial charge is 0.141 e. The summed E-state index contributed by atoms with van der Waals surface area (Å²) in [5, 5.41) is 0.157. The second-order valence-electron chi connectivity index (χ2n) is 5.96. The Hall–Kier alpha value is -0.640. The predicted octanol–water partition coefficient (Wildman–Crippen LogP) is 3.99. The minimum atomic E-state index is -0.384. The molecule has 1 fully saturated rings. The minimum absolute atomic E-state index is 0.0722. The molecule has 1 heterocycles. The molecular formula is C16H24ClFN2. The first-order chi connectivity index (χ1) is 9.43. The summed E-state index contributed by atoms with van der Waals surface area (Å²) in [5.74, 6) is 0.0366. The molecule has 112 valence electrons. The van der Waals surface area contributed by atoms with Crippen molar-refractivity contribution in [2.24, 2.45) is 11.7 Å². The van der Waals surface area contributed by atoms with Crippen LogP contribution in [-0.4, -0.2) is 23.5 Å². The fourth-order valence-electron chi connectivity index (χ4n) is 3.59. The molecule has 1 aromatic carbocycles. The van der Waals surface area contributed by atoms with Crippen molar-refractivity contribution in [2.75, 3.05) is 6.54 Å². The summed E-state index contributed by atoms with van der Waals surface area (Å²) >= 11 is 5.86. The second-order valence-corrected chi connectivity index (χ2v) is 6.37. The Labute approximate surface area is 126 Å². The lowest BCUT2D eigenvalue weighted by molar-refractivity contribution is 0.0665. The molecule has 4 heteroatoms. The Kier molecular flexibility index (Phi) is 5.05. The van der Waals surface area contributed by atoms with E-state index in [0.717, 1.165) is 24.9 Å². The van der Waals surface area contributed by atoms with Crippen LogP contribution in [0.15, 0.2) is 18.2 Å². The van der Waals surface area contributed by atoms with Crippen LogP contribution in [0.4, 0.5) is 4.39 Å². The van der Waals surface area contributed by atoms with Gasteiger partial charge in [-0.3, -0.25) is 4.90 Å². The monoisotopic (exact) mass is 298 g/mol. The first-order valence-corrected chi connectivity index (χ1v) is 7.78. The summed E-state index contributed by atoms with van der Waals surface area (Å²) in [6.07, 6.45) is 2.16. The van der Waals surface area contributed by atoms with Gasteiger partial charge in [-0.15, -0.1) is 0 Å². The summed E-state index contributed by atoms with van der Waals surface area (Å²) in [7, 11) is 0. The molecule has 2 nitrogen and oxygen atoms in total. The lowest BCUT2D eigenvalue weighted by Crippen LogP contribution is -2.48. The van der Waals surface area contributed by atoms with Crippen LogP contribution in [0.3, 0.4) is 0 Å². The Morgan fingerprint density at radius 3 is 2.45 bits per heavy atom. The van der Waals surface area contributed by atoms with E-state index in [0.29, 0.717) is 18.0 Å². The standard InChI is InChI=1S/C16H24ClFN2/c1-4-20-10(2)7-13(8-11(20)3)16(19)12-5-6-15(18)14(17)9-12/h5-6,9-11,13,16H,4,7-8,19H2,1-3H3/t10-,11+,13+,16?. The average Bonchev–Trinajstić information content (AvgIpc) is 2.40.